The molecule has 0 aliphatic rings. The molecule has 4 nitrogen and oxygen atoms in total. The lowest BCUT2D eigenvalue weighted by atomic mass is 10.2. The molecule has 0 heterocycles. The van der Waals surface area contributed by atoms with Crippen LogP contribution in [0.5, 0.6) is 5.75 Å². The van der Waals surface area contributed by atoms with Crippen molar-refractivity contribution >= 4 is 11.6 Å². The Morgan fingerprint density at radius 3 is 2.59 bits per heavy atom. The second kappa shape index (κ2) is 8.20. The van der Waals surface area contributed by atoms with Crippen molar-refractivity contribution in [1.82, 2.24) is 0 Å². The van der Waals surface area contributed by atoms with Gasteiger partial charge in [0.2, 0.25) is 5.91 Å². The number of benzene rings is 2. The molecule has 116 valence electrons. The van der Waals surface area contributed by atoms with E-state index in [-0.39, 0.29) is 5.91 Å². The maximum Gasteiger partial charge on any atom is 0.227 e. The van der Waals surface area contributed by atoms with Gasteiger partial charge in [-0.2, -0.15) is 0 Å². The Morgan fingerprint density at radius 2 is 1.91 bits per heavy atom. The van der Waals surface area contributed by atoms with Crippen molar-refractivity contribution in [1.29, 1.82) is 0 Å². The van der Waals surface area contributed by atoms with Crippen LogP contribution in [-0.2, 0) is 17.8 Å². The summed E-state index contributed by atoms with van der Waals surface area (Å²) in [6, 6.07) is 15.5. The third-order valence-corrected chi connectivity index (χ3v) is 3.38. The van der Waals surface area contributed by atoms with Gasteiger partial charge in [0.1, 0.15) is 5.75 Å². The summed E-state index contributed by atoms with van der Waals surface area (Å²) in [7, 11) is 0. The van der Waals surface area contributed by atoms with E-state index in [1.54, 1.807) is 0 Å². The van der Waals surface area contributed by atoms with Crippen LogP contribution >= 0.6 is 0 Å². The minimum Gasteiger partial charge on any atom is -0.493 e. The number of nitrogens with two attached hydrogens (primary N) is 1. The number of aryl methyl sites for hydroxylation is 1. The van der Waals surface area contributed by atoms with Crippen molar-refractivity contribution in [2.24, 2.45) is 5.73 Å². The zero-order valence-electron chi connectivity index (χ0n) is 12.8. The van der Waals surface area contributed by atoms with Crippen LogP contribution in [0.3, 0.4) is 0 Å². The molecular formula is C18H22N2O2. The summed E-state index contributed by atoms with van der Waals surface area (Å²) in [6.45, 7) is 2.96. The number of ether oxygens (including phenoxy) is 1. The summed E-state index contributed by atoms with van der Waals surface area (Å²) in [6.07, 6.45) is 1.28. The lowest BCUT2D eigenvalue weighted by Crippen LogP contribution is -2.15. The van der Waals surface area contributed by atoms with Crippen LogP contribution in [0.4, 0.5) is 5.69 Å². The molecule has 0 spiro atoms. The molecule has 22 heavy (non-hydrogen) atoms. The second-order valence-corrected chi connectivity index (χ2v) is 5.05. The molecule has 0 bridgehead atoms. The van der Waals surface area contributed by atoms with Crippen molar-refractivity contribution in [2.75, 3.05) is 11.9 Å². The Morgan fingerprint density at radius 1 is 1.14 bits per heavy atom. The van der Waals surface area contributed by atoms with Crippen LogP contribution in [0.15, 0.2) is 48.5 Å². The van der Waals surface area contributed by atoms with Crippen molar-refractivity contribution in [2.45, 2.75) is 26.3 Å². The van der Waals surface area contributed by atoms with Gasteiger partial charge in [0.05, 0.1) is 13.0 Å². The Hall–Kier alpha value is -2.33. The van der Waals surface area contributed by atoms with E-state index in [0.29, 0.717) is 19.6 Å². The highest BCUT2D eigenvalue weighted by molar-refractivity contribution is 5.90. The molecular weight excluding hydrogens is 276 g/mol. The van der Waals surface area contributed by atoms with E-state index >= 15 is 0 Å². The fourth-order valence-corrected chi connectivity index (χ4v) is 2.06. The molecule has 1 amide bonds. The molecule has 0 aromatic heterocycles. The van der Waals surface area contributed by atoms with Crippen LogP contribution < -0.4 is 15.8 Å². The third kappa shape index (κ3) is 4.90. The van der Waals surface area contributed by atoms with Gasteiger partial charge in [0.15, 0.2) is 0 Å². The van der Waals surface area contributed by atoms with Gasteiger partial charge in [0.25, 0.3) is 0 Å². The predicted octanol–water partition coefficient (Wildman–Crippen LogP) is 3.12. The highest BCUT2D eigenvalue weighted by Gasteiger charge is 2.03. The number of hydrogen-bond donors (Lipinski definition) is 2. The first-order valence-corrected chi connectivity index (χ1v) is 7.52. The molecule has 0 atom stereocenters. The molecule has 4 heteroatoms. The molecule has 0 unspecified atom stereocenters. The van der Waals surface area contributed by atoms with Gasteiger partial charge in [0, 0.05) is 12.2 Å². The normalized spacial score (nSPS) is 10.3. The summed E-state index contributed by atoms with van der Waals surface area (Å²) >= 11 is 0. The first-order chi connectivity index (χ1) is 10.7. The molecule has 2 aromatic rings. The molecule has 0 fully saturated rings. The zero-order valence-corrected chi connectivity index (χ0v) is 12.8. The van der Waals surface area contributed by atoms with Gasteiger partial charge in [-0.3, -0.25) is 4.79 Å². The molecule has 0 radical (unpaired) electrons. The largest absolute Gasteiger partial charge is 0.493 e. The number of nitrogens with one attached hydrogen (secondary N) is 1. The maximum atomic E-state index is 11.9. The quantitative estimate of drug-likeness (QED) is 0.825. The average molecular weight is 298 g/mol. The third-order valence-electron chi connectivity index (χ3n) is 3.38. The summed E-state index contributed by atoms with van der Waals surface area (Å²) in [5.74, 6) is 0.742. The average Bonchev–Trinajstić information content (AvgIpc) is 2.56. The Balaban J connectivity index is 1.77. The zero-order chi connectivity index (χ0) is 15.8. The van der Waals surface area contributed by atoms with E-state index in [0.717, 1.165) is 23.4 Å². The minimum absolute atomic E-state index is 0.0628. The van der Waals surface area contributed by atoms with Gasteiger partial charge in [-0.1, -0.05) is 31.2 Å². The second-order valence-electron chi connectivity index (χ2n) is 5.05. The van der Waals surface area contributed by atoms with E-state index in [9.17, 15) is 4.79 Å². The summed E-state index contributed by atoms with van der Waals surface area (Å²) in [5, 5.41) is 2.84. The van der Waals surface area contributed by atoms with E-state index in [2.05, 4.69) is 18.3 Å². The van der Waals surface area contributed by atoms with Gasteiger partial charge >= 0.3 is 0 Å². The molecule has 0 aliphatic heterocycles. The maximum absolute atomic E-state index is 11.9. The number of anilines is 1. The highest BCUT2D eigenvalue weighted by atomic mass is 16.5. The number of carbonyl (C=O) groups excluding carboxylic acids is 1. The smallest absolute Gasteiger partial charge is 0.227 e. The van der Waals surface area contributed by atoms with Crippen molar-refractivity contribution in [3.63, 3.8) is 0 Å². The van der Waals surface area contributed by atoms with Crippen LogP contribution in [0, 0.1) is 0 Å². The lowest BCUT2D eigenvalue weighted by molar-refractivity contribution is -0.116. The molecule has 0 saturated carbocycles. The predicted molar refractivity (Wildman–Crippen MR) is 88.9 cm³/mol. The van der Waals surface area contributed by atoms with Crippen LogP contribution in [-0.4, -0.2) is 12.5 Å². The lowest BCUT2D eigenvalue weighted by Gasteiger charge is -2.08. The molecule has 0 saturated heterocycles. The Bertz CT molecular complexity index is 609. The van der Waals surface area contributed by atoms with E-state index in [1.807, 2.05) is 42.5 Å². The number of amides is 1. The Kier molecular flexibility index (Phi) is 5.98. The fourth-order valence-electron chi connectivity index (χ4n) is 2.06. The summed E-state index contributed by atoms with van der Waals surface area (Å²) < 4.78 is 5.62. The van der Waals surface area contributed by atoms with E-state index in [1.165, 1.54) is 5.56 Å². The van der Waals surface area contributed by atoms with Crippen LogP contribution in [0.1, 0.15) is 24.5 Å². The number of carbonyl (C=O) groups is 1. The van der Waals surface area contributed by atoms with Gasteiger partial charge in [-0.25, -0.2) is 0 Å². The number of rotatable bonds is 7. The van der Waals surface area contributed by atoms with Crippen molar-refractivity contribution < 1.29 is 9.53 Å². The Labute approximate surface area is 131 Å². The van der Waals surface area contributed by atoms with Crippen LogP contribution in [0.2, 0.25) is 0 Å². The topological polar surface area (TPSA) is 64.3 Å². The van der Waals surface area contributed by atoms with Gasteiger partial charge in [-0.15, -0.1) is 0 Å². The molecule has 2 rings (SSSR count). The van der Waals surface area contributed by atoms with Gasteiger partial charge < -0.3 is 15.8 Å². The van der Waals surface area contributed by atoms with E-state index < -0.39 is 0 Å². The molecule has 3 N–H and O–H groups in total. The standard InChI is InChI=1S/C18H22N2O2/c1-2-14-4-3-5-17(12-14)22-11-10-18(21)20-16-8-6-15(13-19)7-9-16/h3-9,12H,2,10-11,13,19H2,1H3,(H,20,21). The van der Waals surface area contributed by atoms with Gasteiger partial charge in [-0.05, 0) is 41.8 Å². The van der Waals surface area contributed by atoms with Crippen molar-refractivity contribution in [3.8, 4) is 5.75 Å². The SMILES string of the molecule is CCc1cccc(OCCC(=O)Nc2ccc(CN)cc2)c1. The molecule has 0 aliphatic carbocycles. The first kappa shape index (κ1) is 16.0. The number of hydrogen-bond acceptors (Lipinski definition) is 3. The highest BCUT2D eigenvalue weighted by Crippen LogP contribution is 2.14. The monoisotopic (exact) mass is 298 g/mol. The summed E-state index contributed by atoms with van der Waals surface area (Å²) in [4.78, 5) is 11.9. The van der Waals surface area contributed by atoms with E-state index in [4.69, 9.17) is 10.5 Å². The van der Waals surface area contributed by atoms with Crippen LogP contribution in [0.25, 0.3) is 0 Å². The summed E-state index contributed by atoms with van der Waals surface area (Å²) in [5.41, 5.74) is 8.58. The minimum atomic E-state index is -0.0628. The first-order valence-electron chi connectivity index (χ1n) is 7.52. The fraction of sp³-hybridized carbons (Fsp3) is 0.278. The molecule has 2 aromatic carbocycles. The van der Waals surface area contributed by atoms with Crippen molar-refractivity contribution in [3.05, 3.63) is 59.7 Å².